The van der Waals surface area contributed by atoms with Gasteiger partial charge in [-0.1, -0.05) is 0 Å². The maximum absolute atomic E-state index is 5.31. The van der Waals surface area contributed by atoms with Crippen LogP contribution in [0.5, 0.6) is 0 Å². The lowest BCUT2D eigenvalue weighted by molar-refractivity contribution is 0.429. The third-order valence-corrected chi connectivity index (χ3v) is 3.05. The van der Waals surface area contributed by atoms with Crippen molar-refractivity contribution < 1.29 is 4.42 Å². The van der Waals surface area contributed by atoms with Crippen molar-refractivity contribution >= 4 is 11.3 Å². The molecule has 0 saturated carbocycles. The van der Waals surface area contributed by atoms with Gasteiger partial charge >= 0.3 is 0 Å². The van der Waals surface area contributed by atoms with E-state index < -0.39 is 0 Å². The van der Waals surface area contributed by atoms with Gasteiger partial charge < -0.3 is 9.73 Å². The number of aromatic nitrogens is 1. The number of hydrogen-bond acceptors (Lipinski definition) is 4. The van der Waals surface area contributed by atoms with Crippen LogP contribution in [0, 0.1) is 6.92 Å². The van der Waals surface area contributed by atoms with Gasteiger partial charge in [0, 0.05) is 11.9 Å². The number of hydrogen-bond donors (Lipinski definition) is 1. The second-order valence-electron chi connectivity index (χ2n) is 3.48. The summed E-state index contributed by atoms with van der Waals surface area (Å²) in [7, 11) is 0. The molecular weight excluding hydrogens is 208 g/mol. The van der Waals surface area contributed by atoms with Crippen LogP contribution >= 0.6 is 11.3 Å². The zero-order valence-electron chi connectivity index (χ0n) is 8.86. The van der Waals surface area contributed by atoms with E-state index in [0.717, 1.165) is 23.0 Å². The Hall–Kier alpha value is -1.13. The monoisotopic (exact) mass is 222 g/mol. The van der Waals surface area contributed by atoms with Crippen molar-refractivity contribution in [2.45, 2.75) is 26.4 Å². The van der Waals surface area contributed by atoms with Gasteiger partial charge in [-0.05, 0) is 26.0 Å². The molecule has 15 heavy (non-hydrogen) atoms. The SMILES string of the molecule is Cc1nc(CNC(C)c2ccco2)cs1. The Bertz CT molecular complexity index is 408. The fourth-order valence-electron chi connectivity index (χ4n) is 1.39. The molecule has 0 amide bonds. The van der Waals surface area contributed by atoms with Gasteiger partial charge in [0.15, 0.2) is 0 Å². The van der Waals surface area contributed by atoms with Crippen LogP contribution in [0.2, 0.25) is 0 Å². The fraction of sp³-hybridized carbons (Fsp3) is 0.364. The summed E-state index contributed by atoms with van der Waals surface area (Å²) < 4.78 is 5.31. The molecule has 80 valence electrons. The van der Waals surface area contributed by atoms with Crippen LogP contribution in [0.3, 0.4) is 0 Å². The van der Waals surface area contributed by atoms with E-state index in [1.165, 1.54) is 0 Å². The van der Waals surface area contributed by atoms with Crippen molar-refractivity contribution in [3.8, 4) is 0 Å². The predicted octanol–water partition coefficient (Wildman–Crippen LogP) is 2.90. The zero-order chi connectivity index (χ0) is 10.7. The van der Waals surface area contributed by atoms with Crippen molar-refractivity contribution in [2.75, 3.05) is 0 Å². The molecule has 0 spiro atoms. The van der Waals surface area contributed by atoms with Crippen LogP contribution in [0.15, 0.2) is 28.2 Å². The minimum absolute atomic E-state index is 0.224. The lowest BCUT2D eigenvalue weighted by Crippen LogP contribution is -2.17. The van der Waals surface area contributed by atoms with Gasteiger partial charge in [-0.3, -0.25) is 0 Å². The third-order valence-electron chi connectivity index (χ3n) is 2.23. The molecule has 0 aromatic carbocycles. The van der Waals surface area contributed by atoms with Crippen molar-refractivity contribution in [1.82, 2.24) is 10.3 Å². The van der Waals surface area contributed by atoms with Crippen LogP contribution < -0.4 is 5.32 Å². The highest BCUT2D eigenvalue weighted by molar-refractivity contribution is 7.09. The van der Waals surface area contributed by atoms with Gasteiger partial charge in [0.2, 0.25) is 0 Å². The lowest BCUT2D eigenvalue weighted by Gasteiger charge is -2.09. The summed E-state index contributed by atoms with van der Waals surface area (Å²) in [6.45, 7) is 4.88. The highest BCUT2D eigenvalue weighted by Crippen LogP contribution is 2.14. The number of aryl methyl sites for hydroxylation is 1. The first-order valence-electron chi connectivity index (χ1n) is 4.93. The summed E-state index contributed by atoms with van der Waals surface area (Å²) in [5.74, 6) is 0.960. The second-order valence-corrected chi connectivity index (χ2v) is 4.54. The Kier molecular flexibility index (Phi) is 3.18. The molecule has 0 aliphatic rings. The summed E-state index contributed by atoms with van der Waals surface area (Å²) in [6, 6.07) is 4.10. The van der Waals surface area contributed by atoms with E-state index in [1.54, 1.807) is 17.6 Å². The number of thiazole rings is 1. The van der Waals surface area contributed by atoms with E-state index in [9.17, 15) is 0 Å². The van der Waals surface area contributed by atoms with Gasteiger partial charge in [0.25, 0.3) is 0 Å². The molecule has 0 bridgehead atoms. The minimum Gasteiger partial charge on any atom is -0.468 e. The first-order chi connectivity index (χ1) is 7.25. The second kappa shape index (κ2) is 4.59. The smallest absolute Gasteiger partial charge is 0.120 e. The standard InChI is InChI=1S/C11H14N2OS/c1-8(11-4-3-5-14-11)12-6-10-7-15-9(2)13-10/h3-5,7-8,12H,6H2,1-2H3. The Labute approximate surface area is 93.2 Å². The molecule has 4 heteroatoms. The van der Waals surface area contributed by atoms with E-state index in [-0.39, 0.29) is 6.04 Å². The summed E-state index contributed by atoms with van der Waals surface area (Å²) in [4.78, 5) is 4.39. The first kappa shape index (κ1) is 10.4. The molecule has 0 fully saturated rings. The number of furan rings is 1. The van der Waals surface area contributed by atoms with Gasteiger partial charge in [0.05, 0.1) is 23.0 Å². The molecule has 3 nitrogen and oxygen atoms in total. The average molecular weight is 222 g/mol. The molecule has 0 aliphatic heterocycles. The van der Waals surface area contributed by atoms with E-state index in [2.05, 4.69) is 22.6 Å². The summed E-state index contributed by atoms with van der Waals surface area (Å²) in [5, 5.41) is 6.55. The Balaban J connectivity index is 1.88. The molecule has 0 aliphatic carbocycles. The molecule has 2 aromatic rings. The van der Waals surface area contributed by atoms with Crippen LogP contribution in [0.4, 0.5) is 0 Å². The third kappa shape index (κ3) is 2.67. The maximum atomic E-state index is 5.31. The van der Waals surface area contributed by atoms with Crippen LogP contribution in [0.1, 0.15) is 29.4 Å². The quantitative estimate of drug-likeness (QED) is 0.864. The molecule has 1 unspecified atom stereocenters. The molecule has 0 saturated heterocycles. The topological polar surface area (TPSA) is 38.1 Å². The van der Waals surface area contributed by atoms with E-state index in [0.29, 0.717) is 0 Å². The molecule has 1 N–H and O–H groups in total. The minimum atomic E-state index is 0.224. The van der Waals surface area contributed by atoms with Crippen molar-refractivity contribution in [2.24, 2.45) is 0 Å². The largest absolute Gasteiger partial charge is 0.468 e. The Morgan fingerprint density at radius 2 is 2.47 bits per heavy atom. The Morgan fingerprint density at radius 3 is 3.07 bits per heavy atom. The Morgan fingerprint density at radius 1 is 1.60 bits per heavy atom. The van der Waals surface area contributed by atoms with Crippen LogP contribution in [0.25, 0.3) is 0 Å². The van der Waals surface area contributed by atoms with Gasteiger partial charge in [-0.25, -0.2) is 4.98 Å². The molecule has 0 radical (unpaired) electrons. The fourth-order valence-corrected chi connectivity index (χ4v) is 2.00. The van der Waals surface area contributed by atoms with Crippen LogP contribution in [-0.2, 0) is 6.54 Å². The van der Waals surface area contributed by atoms with Crippen molar-refractivity contribution in [3.05, 3.63) is 40.2 Å². The van der Waals surface area contributed by atoms with Crippen molar-refractivity contribution in [3.63, 3.8) is 0 Å². The predicted molar refractivity (Wildman–Crippen MR) is 60.8 cm³/mol. The van der Waals surface area contributed by atoms with E-state index >= 15 is 0 Å². The maximum Gasteiger partial charge on any atom is 0.120 e. The molecular formula is C11H14N2OS. The lowest BCUT2D eigenvalue weighted by atomic mass is 10.2. The summed E-state index contributed by atoms with van der Waals surface area (Å²) in [5.41, 5.74) is 1.09. The zero-order valence-corrected chi connectivity index (χ0v) is 9.67. The molecule has 1 atom stereocenters. The van der Waals surface area contributed by atoms with Gasteiger partial charge in [-0.2, -0.15) is 0 Å². The number of nitrogens with one attached hydrogen (secondary N) is 1. The first-order valence-corrected chi connectivity index (χ1v) is 5.81. The number of nitrogens with zero attached hydrogens (tertiary/aromatic N) is 1. The van der Waals surface area contributed by atoms with Gasteiger partial charge in [0.1, 0.15) is 5.76 Å². The normalized spacial score (nSPS) is 12.9. The highest BCUT2D eigenvalue weighted by Gasteiger charge is 2.07. The van der Waals surface area contributed by atoms with E-state index in [1.807, 2.05) is 19.1 Å². The highest BCUT2D eigenvalue weighted by atomic mass is 32.1. The van der Waals surface area contributed by atoms with Crippen LogP contribution in [-0.4, -0.2) is 4.98 Å². The van der Waals surface area contributed by atoms with Crippen molar-refractivity contribution in [1.29, 1.82) is 0 Å². The average Bonchev–Trinajstić information content (AvgIpc) is 2.84. The molecule has 2 heterocycles. The number of rotatable bonds is 4. The molecule has 2 aromatic heterocycles. The van der Waals surface area contributed by atoms with E-state index in [4.69, 9.17) is 4.42 Å². The van der Waals surface area contributed by atoms with Gasteiger partial charge in [-0.15, -0.1) is 11.3 Å². The summed E-state index contributed by atoms with van der Waals surface area (Å²) in [6.07, 6.45) is 1.69. The molecule has 2 rings (SSSR count). The summed E-state index contributed by atoms with van der Waals surface area (Å²) >= 11 is 1.68.